The van der Waals surface area contributed by atoms with Crippen LogP contribution in [0.3, 0.4) is 0 Å². The number of imidazole rings is 1. The van der Waals surface area contributed by atoms with Crippen LogP contribution in [0.15, 0.2) is 42.6 Å². The number of aromatic nitrogens is 2. The van der Waals surface area contributed by atoms with Crippen LogP contribution in [0, 0.1) is 0 Å². The van der Waals surface area contributed by atoms with E-state index in [-0.39, 0.29) is 5.75 Å². The van der Waals surface area contributed by atoms with Gasteiger partial charge in [0, 0.05) is 44.4 Å². The van der Waals surface area contributed by atoms with Crippen LogP contribution < -0.4 is 9.64 Å². The average Bonchev–Trinajstić information content (AvgIpc) is 3.17. The molecular weight excluding hydrogens is 454 g/mol. The zero-order valence-electron chi connectivity index (χ0n) is 18.0. The third kappa shape index (κ3) is 4.28. The van der Waals surface area contributed by atoms with Gasteiger partial charge in [-0.3, -0.25) is 4.40 Å². The second-order valence-corrected chi connectivity index (χ2v) is 10.1. The van der Waals surface area contributed by atoms with Gasteiger partial charge in [-0.25, -0.2) is 13.4 Å². The highest BCUT2D eigenvalue weighted by atomic mass is 32.2. The molecule has 1 unspecified atom stereocenters. The SMILES string of the molecule is CS(=O)(=O)N1CCN(c2ccc3nc4c(n3c2)C(c2ccccc2OC(F)F)OCC4)CC1. The van der Waals surface area contributed by atoms with E-state index in [9.17, 15) is 17.2 Å². The van der Waals surface area contributed by atoms with Crippen LogP contribution in [0.25, 0.3) is 5.65 Å². The molecule has 4 heterocycles. The zero-order valence-corrected chi connectivity index (χ0v) is 18.8. The Morgan fingerprint density at radius 3 is 2.61 bits per heavy atom. The van der Waals surface area contributed by atoms with Crippen LogP contribution in [0.2, 0.25) is 0 Å². The molecule has 0 bridgehead atoms. The van der Waals surface area contributed by atoms with E-state index in [1.165, 1.54) is 16.6 Å². The van der Waals surface area contributed by atoms with Crippen molar-refractivity contribution >= 4 is 21.4 Å². The van der Waals surface area contributed by atoms with Gasteiger partial charge in [0.2, 0.25) is 10.0 Å². The molecule has 0 aliphatic carbocycles. The normalized spacial score (nSPS) is 19.8. The quantitative estimate of drug-likeness (QED) is 0.561. The number of hydrogen-bond donors (Lipinski definition) is 0. The number of halogens is 2. The number of rotatable bonds is 5. The van der Waals surface area contributed by atoms with Crippen LogP contribution in [0.1, 0.15) is 23.1 Å². The summed E-state index contributed by atoms with van der Waals surface area (Å²) >= 11 is 0. The minimum Gasteiger partial charge on any atom is -0.434 e. The average molecular weight is 479 g/mol. The minimum atomic E-state index is -3.21. The number of alkyl halides is 2. The van der Waals surface area contributed by atoms with Crippen molar-refractivity contribution in [2.75, 3.05) is 43.9 Å². The summed E-state index contributed by atoms with van der Waals surface area (Å²) in [6.07, 6.45) is 3.20. The molecule has 2 aliphatic heterocycles. The monoisotopic (exact) mass is 478 g/mol. The van der Waals surface area contributed by atoms with Crippen molar-refractivity contribution in [1.82, 2.24) is 13.7 Å². The van der Waals surface area contributed by atoms with Crippen molar-refractivity contribution in [3.63, 3.8) is 0 Å². The second-order valence-electron chi connectivity index (χ2n) is 8.13. The number of anilines is 1. The van der Waals surface area contributed by atoms with Crippen molar-refractivity contribution < 1.29 is 26.7 Å². The van der Waals surface area contributed by atoms with E-state index >= 15 is 0 Å². The van der Waals surface area contributed by atoms with Gasteiger partial charge in [0.15, 0.2) is 0 Å². The summed E-state index contributed by atoms with van der Waals surface area (Å²) < 4.78 is 63.8. The maximum Gasteiger partial charge on any atom is 0.387 e. The van der Waals surface area contributed by atoms with Crippen LogP contribution >= 0.6 is 0 Å². The Hall–Kier alpha value is -2.76. The highest BCUT2D eigenvalue weighted by Gasteiger charge is 2.31. The van der Waals surface area contributed by atoms with Crippen LogP contribution in [-0.2, 0) is 21.2 Å². The maximum absolute atomic E-state index is 13.0. The van der Waals surface area contributed by atoms with E-state index in [4.69, 9.17) is 14.5 Å². The second kappa shape index (κ2) is 8.54. The van der Waals surface area contributed by atoms with Gasteiger partial charge in [0.1, 0.15) is 17.5 Å². The Labute approximate surface area is 190 Å². The summed E-state index contributed by atoms with van der Waals surface area (Å²) in [5, 5.41) is 0. The molecule has 8 nitrogen and oxygen atoms in total. The highest BCUT2D eigenvalue weighted by molar-refractivity contribution is 7.88. The lowest BCUT2D eigenvalue weighted by molar-refractivity contribution is -0.0522. The number of nitrogens with zero attached hydrogens (tertiary/aromatic N) is 4. The molecule has 5 rings (SSSR count). The molecule has 0 amide bonds. The zero-order chi connectivity index (χ0) is 23.2. The van der Waals surface area contributed by atoms with E-state index in [2.05, 4.69) is 4.90 Å². The standard InChI is InChI=1S/C22H24F2N4O4S/c1-33(29,30)27-11-9-26(10-12-27)15-6-7-19-25-17-8-13-31-21(20(17)28(19)14-15)16-4-2-3-5-18(16)32-22(23)24/h2-7,14,21-22H,8-13H2,1H3. The van der Waals surface area contributed by atoms with Crippen molar-refractivity contribution in [1.29, 1.82) is 0 Å². The first-order chi connectivity index (χ1) is 15.8. The summed E-state index contributed by atoms with van der Waals surface area (Å²) in [6, 6.07) is 10.5. The number of pyridine rings is 1. The number of piperazine rings is 1. The fourth-order valence-electron chi connectivity index (χ4n) is 4.52. The maximum atomic E-state index is 13.0. The van der Waals surface area contributed by atoms with Gasteiger partial charge in [-0.15, -0.1) is 0 Å². The molecule has 0 N–H and O–H groups in total. The summed E-state index contributed by atoms with van der Waals surface area (Å²) in [7, 11) is -3.21. The van der Waals surface area contributed by atoms with Gasteiger partial charge in [-0.2, -0.15) is 13.1 Å². The summed E-state index contributed by atoms with van der Waals surface area (Å²) in [6.45, 7) is -0.536. The van der Waals surface area contributed by atoms with Gasteiger partial charge in [0.25, 0.3) is 0 Å². The van der Waals surface area contributed by atoms with Crippen LogP contribution in [0.5, 0.6) is 5.75 Å². The molecule has 3 aromatic rings. The Kier molecular flexibility index (Phi) is 5.71. The Morgan fingerprint density at radius 2 is 1.88 bits per heavy atom. The van der Waals surface area contributed by atoms with Crippen molar-refractivity contribution in [3.8, 4) is 5.75 Å². The number of hydrogen-bond acceptors (Lipinski definition) is 6. The molecule has 176 valence electrons. The molecule has 0 radical (unpaired) electrons. The molecule has 1 saturated heterocycles. The smallest absolute Gasteiger partial charge is 0.387 e. The van der Waals surface area contributed by atoms with Gasteiger partial charge in [0.05, 0.1) is 29.9 Å². The van der Waals surface area contributed by atoms with E-state index in [0.29, 0.717) is 44.8 Å². The molecule has 1 aromatic carbocycles. The fraction of sp³-hybridized carbons (Fsp3) is 0.409. The van der Waals surface area contributed by atoms with E-state index in [1.807, 2.05) is 22.7 Å². The molecule has 1 atom stereocenters. The molecule has 0 saturated carbocycles. The largest absolute Gasteiger partial charge is 0.434 e. The predicted octanol–water partition coefficient (Wildman–Crippen LogP) is 2.68. The Morgan fingerprint density at radius 1 is 1.12 bits per heavy atom. The molecule has 1 fully saturated rings. The predicted molar refractivity (Wildman–Crippen MR) is 118 cm³/mol. The van der Waals surface area contributed by atoms with Crippen molar-refractivity contribution in [2.45, 2.75) is 19.1 Å². The first-order valence-corrected chi connectivity index (χ1v) is 12.5. The summed E-state index contributed by atoms with van der Waals surface area (Å²) in [5.41, 5.74) is 3.83. The molecule has 33 heavy (non-hydrogen) atoms. The highest BCUT2D eigenvalue weighted by Crippen LogP contribution is 2.38. The van der Waals surface area contributed by atoms with Gasteiger partial charge < -0.3 is 14.4 Å². The number of benzene rings is 1. The molecule has 11 heteroatoms. The number of ether oxygens (including phenoxy) is 2. The first-order valence-electron chi connectivity index (χ1n) is 10.7. The van der Waals surface area contributed by atoms with Gasteiger partial charge >= 0.3 is 6.61 Å². The van der Waals surface area contributed by atoms with Crippen LogP contribution in [-0.4, -0.2) is 67.8 Å². The summed E-state index contributed by atoms with van der Waals surface area (Å²) in [5.74, 6) is 0.0772. The van der Waals surface area contributed by atoms with Crippen molar-refractivity contribution in [2.24, 2.45) is 0 Å². The molecule has 0 spiro atoms. The van der Waals surface area contributed by atoms with E-state index < -0.39 is 22.7 Å². The lowest BCUT2D eigenvalue weighted by Gasteiger charge is -2.34. The Balaban J connectivity index is 1.51. The Bertz CT molecular complexity index is 1270. The first kappa shape index (κ1) is 22.1. The number of para-hydroxylation sites is 1. The molecular formula is C22H24F2N4O4S. The van der Waals surface area contributed by atoms with E-state index in [0.717, 1.165) is 22.7 Å². The topological polar surface area (TPSA) is 76.4 Å². The van der Waals surface area contributed by atoms with E-state index in [1.54, 1.807) is 18.2 Å². The number of fused-ring (bicyclic) bond motifs is 3. The van der Waals surface area contributed by atoms with Crippen LogP contribution in [0.4, 0.5) is 14.5 Å². The third-order valence-corrected chi connectivity index (χ3v) is 7.38. The van der Waals surface area contributed by atoms with Crippen molar-refractivity contribution in [3.05, 3.63) is 59.5 Å². The minimum absolute atomic E-state index is 0.0772. The third-order valence-electron chi connectivity index (χ3n) is 6.08. The van der Waals surface area contributed by atoms with Gasteiger partial charge in [-0.05, 0) is 18.2 Å². The summed E-state index contributed by atoms with van der Waals surface area (Å²) in [4.78, 5) is 6.86. The molecule has 2 aliphatic rings. The lowest BCUT2D eigenvalue weighted by Crippen LogP contribution is -2.48. The molecule has 2 aromatic heterocycles. The van der Waals surface area contributed by atoms with Gasteiger partial charge in [-0.1, -0.05) is 18.2 Å². The lowest BCUT2D eigenvalue weighted by atomic mass is 10.0. The number of sulfonamides is 1. The fourth-order valence-corrected chi connectivity index (χ4v) is 5.34.